The Morgan fingerprint density at radius 3 is 2.55 bits per heavy atom. The predicted octanol–water partition coefficient (Wildman–Crippen LogP) is 5.39. The second-order valence-corrected chi connectivity index (χ2v) is 5.99. The van der Waals surface area contributed by atoms with Gasteiger partial charge in [0.15, 0.2) is 0 Å². The molecule has 20 heavy (non-hydrogen) atoms. The minimum Gasteiger partial charge on any atom is -0.490 e. The molecular weight excluding hydrogens is 382 g/mol. The topological polar surface area (TPSA) is 21.3 Å². The van der Waals surface area contributed by atoms with Gasteiger partial charge in [-0.3, -0.25) is 0 Å². The molecule has 0 unspecified atom stereocenters. The van der Waals surface area contributed by atoms with Gasteiger partial charge in [0, 0.05) is 21.2 Å². The van der Waals surface area contributed by atoms with Crippen LogP contribution in [0.3, 0.4) is 0 Å². The van der Waals surface area contributed by atoms with Crippen molar-refractivity contribution in [2.24, 2.45) is 0 Å². The lowest BCUT2D eigenvalue weighted by Gasteiger charge is -2.10. The number of benzene rings is 2. The predicted molar refractivity (Wildman–Crippen MR) is 91.3 cm³/mol. The van der Waals surface area contributed by atoms with Gasteiger partial charge in [0.2, 0.25) is 0 Å². The first kappa shape index (κ1) is 15.1. The third kappa shape index (κ3) is 4.39. The summed E-state index contributed by atoms with van der Waals surface area (Å²) in [5, 5.41) is 3.40. The molecule has 0 atom stereocenters. The first-order chi connectivity index (χ1) is 9.69. The highest BCUT2D eigenvalue weighted by Gasteiger charge is 2.01. The molecule has 0 saturated heterocycles. The Bertz CT molecular complexity index is 582. The van der Waals surface area contributed by atoms with Gasteiger partial charge in [-0.2, -0.15) is 0 Å². The van der Waals surface area contributed by atoms with Gasteiger partial charge in [-0.25, -0.2) is 0 Å². The number of anilines is 1. The summed E-state index contributed by atoms with van der Waals surface area (Å²) in [6.07, 6.45) is 1.74. The number of ether oxygens (including phenoxy) is 1. The van der Waals surface area contributed by atoms with Gasteiger partial charge in [-0.1, -0.05) is 40.7 Å². The first-order valence-corrected chi connectivity index (χ1v) is 7.79. The summed E-state index contributed by atoms with van der Waals surface area (Å²) in [6.45, 7) is 4.92. The Labute approximate surface area is 136 Å². The van der Waals surface area contributed by atoms with Crippen molar-refractivity contribution in [1.82, 2.24) is 0 Å². The fraction of sp³-hybridized carbons (Fsp3) is 0.125. The van der Waals surface area contributed by atoms with Crippen LogP contribution in [0.15, 0.2) is 64.1 Å². The zero-order chi connectivity index (χ0) is 14.4. The van der Waals surface area contributed by atoms with Gasteiger partial charge in [0.1, 0.15) is 12.4 Å². The molecule has 2 aromatic rings. The summed E-state index contributed by atoms with van der Waals surface area (Å²) in [5.74, 6) is 0.859. The van der Waals surface area contributed by atoms with Crippen molar-refractivity contribution < 1.29 is 4.74 Å². The zero-order valence-corrected chi connectivity index (χ0v) is 14.1. The van der Waals surface area contributed by atoms with E-state index in [2.05, 4.69) is 55.9 Å². The zero-order valence-electron chi connectivity index (χ0n) is 10.9. The Hall–Kier alpha value is -1.26. The van der Waals surface area contributed by atoms with Crippen molar-refractivity contribution in [1.29, 1.82) is 0 Å². The maximum Gasteiger partial charge on any atom is 0.119 e. The van der Waals surface area contributed by atoms with Gasteiger partial charge in [-0.15, -0.1) is 0 Å². The van der Waals surface area contributed by atoms with Crippen LogP contribution in [-0.2, 0) is 6.54 Å². The van der Waals surface area contributed by atoms with Crippen LogP contribution in [0.5, 0.6) is 5.75 Å². The van der Waals surface area contributed by atoms with E-state index < -0.39 is 0 Å². The van der Waals surface area contributed by atoms with E-state index in [4.69, 9.17) is 4.74 Å². The molecule has 0 saturated carbocycles. The van der Waals surface area contributed by atoms with Gasteiger partial charge in [0.05, 0.1) is 0 Å². The van der Waals surface area contributed by atoms with E-state index >= 15 is 0 Å². The van der Waals surface area contributed by atoms with E-state index in [1.54, 1.807) is 6.08 Å². The largest absolute Gasteiger partial charge is 0.490 e. The molecule has 0 bridgehead atoms. The third-order valence-electron chi connectivity index (χ3n) is 2.70. The maximum atomic E-state index is 5.46. The van der Waals surface area contributed by atoms with Crippen molar-refractivity contribution in [3.05, 3.63) is 69.6 Å². The maximum absolute atomic E-state index is 5.46. The quantitative estimate of drug-likeness (QED) is 0.661. The number of nitrogens with one attached hydrogen (secondary N) is 1. The molecule has 0 aromatic heterocycles. The third-order valence-corrected chi connectivity index (χ3v) is 3.89. The Morgan fingerprint density at radius 1 is 1.10 bits per heavy atom. The van der Waals surface area contributed by atoms with Crippen LogP contribution in [0, 0.1) is 0 Å². The van der Waals surface area contributed by atoms with Crippen LogP contribution >= 0.6 is 31.9 Å². The van der Waals surface area contributed by atoms with E-state index in [9.17, 15) is 0 Å². The smallest absolute Gasteiger partial charge is 0.119 e. The fourth-order valence-electron chi connectivity index (χ4n) is 1.69. The number of hydrogen-bond donors (Lipinski definition) is 1. The van der Waals surface area contributed by atoms with Crippen molar-refractivity contribution in [2.75, 3.05) is 11.9 Å². The molecule has 0 radical (unpaired) electrons. The normalized spacial score (nSPS) is 10.1. The SMILES string of the molecule is C=CCOc1ccc(CNc2cc(Br)ccc2Br)cc1. The van der Waals surface area contributed by atoms with Gasteiger partial charge in [-0.05, 0) is 51.8 Å². The summed E-state index contributed by atoms with van der Waals surface area (Å²) in [4.78, 5) is 0. The van der Waals surface area contributed by atoms with Crippen LogP contribution in [0.2, 0.25) is 0 Å². The number of halogens is 2. The summed E-state index contributed by atoms with van der Waals surface area (Å²) < 4.78 is 7.56. The molecule has 0 aliphatic heterocycles. The lowest BCUT2D eigenvalue weighted by Crippen LogP contribution is -2.00. The molecule has 0 heterocycles. The molecule has 0 aliphatic carbocycles. The fourth-order valence-corrected chi connectivity index (χ4v) is 2.44. The lowest BCUT2D eigenvalue weighted by molar-refractivity contribution is 0.363. The number of rotatable bonds is 6. The summed E-state index contributed by atoms with van der Waals surface area (Å²) in [7, 11) is 0. The van der Waals surface area contributed by atoms with Crippen LogP contribution in [-0.4, -0.2) is 6.61 Å². The van der Waals surface area contributed by atoms with Crippen molar-refractivity contribution in [3.8, 4) is 5.75 Å². The second-order valence-electron chi connectivity index (χ2n) is 4.22. The second kappa shape index (κ2) is 7.50. The standard InChI is InChI=1S/C16H15Br2NO/c1-2-9-20-14-6-3-12(4-7-14)11-19-16-10-13(17)5-8-15(16)18/h2-8,10,19H,1,9,11H2. The van der Waals surface area contributed by atoms with Crippen LogP contribution < -0.4 is 10.1 Å². The molecule has 0 fully saturated rings. The van der Waals surface area contributed by atoms with Crippen molar-refractivity contribution >= 4 is 37.5 Å². The molecule has 104 valence electrons. The molecule has 2 rings (SSSR count). The highest BCUT2D eigenvalue weighted by atomic mass is 79.9. The van der Waals surface area contributed by atoms with E-state index in [0.717, 1.165) is 26.9 Å². The molecule has 2 aromatic carbocycles. The van der Waals surface area contributed by atoms with Gasteiger partial charge in [0.25, 0.3) is 0 Å². The van der Waals surface area contributed by atoms with Crippen LogP contribution in [0.4, 0.5) is 5.69 Å². The lowest BCUT2D eigenvalue weighted by atomic mass is 10.2. The average Bonchev–Trinajstić information content (AvgIpc) is 2.47. The van der Waals surface area contributed by atoms with Crippen LogP contribution in [0.1, 0.15) is 5.56 Å². The molecule has 4 heteroatoms. The van der Waals surface area contributed by atoms with Gasteiger partial charge >= 0.3 is 0 Å². The highest BCUT2D eigenvalue weighted by molar-refractivity contribution is 9.11. The van der Waals surface area contributed by atoms with Crippen LogP contribution in [0.25, 0.3) is 0 Å². The monoisotopic (exact) mass is 395 g/mol. The Morgan fingerprint density at radius 2 is 1.85 bits per heavy atom. The number of hydrogen-bond acceptors (Lipinski definition) is 2. The Balaban J connectivity index is 1.96. The van der Waals surface area contributed by atoms with Crippen molar-refractivity contribution in [2.45, 2.75) is 6.54 Å². The van der Waals surface area contributed by atoms with Gasteiger partial charge < -0.3 is 10.1 Å². The Kier molecular flexibility index (Phi) is 5.68. The summed E-state index contributed by atoms with van der Waals surface area (Å²) >= 11 is 7.00. The van der Waals surface area contributed by atoms with Crippen molar-refractivity contribution in [3.63, 3.8) is 0 Å². The molecule has 0 amide bonds. The first-order valence-electron chi connectivity index (χ1n) is 6.20. The molecule has 2 nitrogen and oxygen atoms in total. The molecule has 0 spiro atoms. The van der Waals surface area contributed by atoms with E-state index in [1.807, 2.05) is 30.3 Å². The summed E-state index contributed by atoms with van der Waals surface area (Å²) in [5.41, 5.74) is 2.26. The van der Waals surface area contributed by atoms with E-state index in [0.29, 0.717) is 6.61 Å². The van der Waals surface area contributed by atoms with E-state index in [-0.39, 0.29) is 0 Å². The molecule has 1 N–H and O–H groups in total. The molecular formula is C16H15Br2NO. The average molecular weight is 397 g/mol. The highest BCUT2D eigenvalue weighted by Crippen LogP contribution is 2.26. The molecule has 0 aliphatic rings. The minimum atomic E-state index is 0.530. The summed E-state index contributed by atoms with van der Waals surface area (Å²) in [6, 6.07) is 14.1. The van der Waals surface area contributed by atoms with E-state index in [1.165, 1.54) is 5.56 Å². The minimum absolute atomic E-state index is 0.530.